The number of piperidine rings is 1. The first-order valence-electron chi connectivity index (χ1n) is 9.86. The van der Waals surface area contributed by atoms with E-state index in [0.29, 0.717) is 18.6 Å². The monoisotopic (exact) mass is 344 g/mol. The number of hydrogen-bond donors (Lipinski definition) is 0. The third-order valence-electron chi connectivity index (χ3n) is 5.70. The first-order valence-corrected chi connectivity index (χ1v) is 9.86. The topological polar surface area (TPSA) is 32.8 Å². The van der Waals surface area contributed by atoms with E-state index in [0.717, 1.165) is 51.9 Å². The summed E-state index contributed by atoms with van der Waals surface area (Å²) in [6, 6.07) is 11.0. The van der Waals surface area contributed by atoms with Crippen LogP contribution in [0.1, 0.15) is 50.5 Å². The number of carbonyl (C=O) groups is 1. The fraction of sp³-hybridized carbons (Fsp3) is 0.667. The highest BCUT2D eigenvalue weighted by Gasteiger charge is 2.26. The highest BCUT2D eigenvalue weighted by Crippen LogP contribution is 2.21. The zero-order valence-corrected chi connectivity index (χ0v) is 15.5. The van der Waals surface area contributed by atoms with Gasteiger partial charge in [-0.3, -0.25) is 9.69 Å². The summed E-state index contributed by atoms with van der Waals surface area (Å²) >= 11 is 0. The van der Waals surface area contributed by atoms with E-state index < -0.39 is 0 Å². The van der Waals surface area contributed by atoms with E-state index in [1.807, 2.05) is 11.9 Å². The van der Waals surface area contributed by atoms with Crippen LogP contribution in [0.25, 0.3) is 0 Å². The molecule has 1 amide bonds. The molecule has 2 saturated heterocycles. The Kier molecular flexibility index (Phi) is 6.88. The summed E-state index contributed by atoms with van der Waals surface area (Å²) < 4.78 is 5.75. The molecule has 3 rings (SSSR count). The van der Waals surface area contributed by atoms with Crippen LogP contribution in [0, 0.1) is 0 Å². The highest BCUT2D eigenvalue weighted by atomic mass is 16.5. The standard InChI is InChI=1S/C21H32N2O2/c1-22(21(24)11-10-20-9-5-6-16-25-20)19-12-14-23(15-13-19)17-18-7-3-2-4-8-18/h2-4,7-8,19-20H,5-6,9-17H2,1H3. The van der Waals surface area contributed by atoms with E-state index in [9.17, 15) is 4.79 Å². The Hall–Kier alpha value is -1.39. The van der Waals surface area contributed by atoms with Crippen molar-refractivity contribution in [2.75, 3.05) is 26.7 Å². The third-order valence-corrected chi connectivity index (χ3v) is 5.70. The molecule has 0 bridgehead atoms. The van der Waals surface area contributed by atoms with Crippen LogP contribution in [0.5, 0.6) is 0 Å². The summed E-state index contributed by atoms with van der Waals surface area (Å²) in [5, 5.41) is 0. The number of benzene rings is 1. The Morgan fingerprint density at radius 2 is 1.92 bits per heavy atom. The average molecular weight is 344 g/mol. The van der Waals surface area contributed by atoms with Crippen molar-refractivity contribution in [1.29, 1.82) is 0 Å². The molecule has 4 nitrogen and oxygen atoms in total. The minimum absolute atomic E-state index is 0.288. The van der Waals surface area contributed by atoms with Gasteiger partial charge in [-0.05, 0) is 44.1 Å². The number of hydrogen-bond acceptors (Lipinski definition) is 3. The van der Waals surface area contributed by atoms with Gasteiger partial charge >= 0.3 is 0 Å². The van der Waals surface area contributed by atoms with Crippen molar-refractivity contribution < 1.29 is 9.53 Å². The molecule has 0 spiro atoms. The van der Waals surface area contributed by atoms with Gasteiger partial charge in [0.1, 0.15) is 0 Å². The van der Waals surface area contributed by atoms with E-state index in [1.54, 1.807) is 0 Å². The molecule has 2 fully saturated rings. The maximum absolute atomic E-state index is 12.5. The molecule has 2 aliphatic rings. The van der Waals surface area contributed by atoms with Gasteiger partial charge in [-0.1, -0.05) is 30.3 Å². The number of ether oxygens (including phenoxy) is 1. The van der Waals surface area contributed by atoms with Gasteiger partial charge in [-0.2, -0.15) is 0 Å². The van der Waals surface area contributed by atoms with E-state index in [2.05, 4.69) is 35.2 Å². The minimum Gasteiger partial charge on any atom is -0.378 e. The molecule has 1 aromatic rings. The minimum atomic E-state index is 0.288. The molecule has 0 aliphatic carbocycles. The van der Waals surface area contributed by atoms with Crippen LogP contribution in [0.4, 0.5) is 0 Å². The average Bonchev–Trinajstić information content (AvgIpc) is 2.68. The lowest BCUT2D eigenvalue weighted by Gasteiger charge is -2.37. The Bertz CT molecular complexity index is 520. The maximum atomic E-state index is 12.5. The van der Waals surface area contributed by atoms with Crippen molar-refractivity contribution in [1.82, 2.24) is 9.80 Å². The van der Waals surface area contributed by atoms with Gasteiger partial charge in [0.2, 0.25) is 5.91 Å². The van der Waals surface area contributed by atoms with Crippen LogP contribution >= 0.6 is 0 Å². The van der Waals surface area contributed by atoms with Crippen LogP contribution in [-0.4, -0.2) is 54.6 Å². The Labute approximate surface area is 152 Å². The molecule has 0 saturated carbocycles. The van der Waals surface area contributed by atoms with E-state index >= 15 is 0 Å². The van der Waals surface area contributed by atoms with Gasteiger partial charge < -0.3 is 9.64 Å². The molecule has 1 aromatic carbocycles. The van der Waals surface area contributed by atoms with Crippen molar-refractivity contribution in [2.45, 2.75) is 63.6 Å². The number of amides is 1. The lowest BCUT2D eigenvalue weighted by atomic mass is 10.0. The Balaban J connectivity index is 1.38. The molecule has 2 heterocycles. The molecular formula is C21H32N2O2. The number of nitrogens with zero attached hydrogens (tertiary/aromatic N) is 2. The quantitative estimate of drug-likeness (QED) is 0.792. The van der Waals surface area contributed by atoms with Crippen molar-refractivity contribution in [3.05, 3.63) is 35.9 Å². The lowest BCUT2D eigenvalue weighted by molar-refractivity contribution is -0.133. The molecule has 0 N–H and O–H groups in total. The van der Waals surface area contributed by atoms with E-state index in [-0.39, 0.29) is 5.91 Å². The van der Waals surface area contributed by atoms with Crippen molar-refractivity contribution in [3.63, 3.8) is 0 Å². The maximum Gasteiger partial charge on any atom is 0.222 e. The summed E-state index contributed by atoms with van der Waals surface area (Å²) in [5.41, 5.74) is 1.37. The van der Waals surface area contributed by atoms with Crippen molar-refractivity contribution in [2.24, 2.45) is 0 Å². The molecule has 25 heavy (non-hydrogen) atoms. The molecule has 1 unspecified atom stereocenters. The van der Waals surface area contributed by atoms with E-state index in [4.69, 9.17) is 4.74 Å². The van der Waals surface area contributed by atoms with E-state index in [1.165, 1.54) is 18.4 Å². The van der Waals surface area contributed by atoms with Gasteiger partial charge in [0, 0.05) is 45.8 Å². The summed E-state index contributed by atoms with van der Waals surface area (Å²) in [6.45, 7) is 4.03. The predicted molar refractivity (Wildman–Crippen MR) is 100 cm³/mol. The van der Waals surface area contributed by atoms with Crippen molar-refractivity contribution in [3.8, 4) is 0 Å². The lowest BCUT2D eigenvalue weighted by Crippen LogP contribution is -2.45. The van der Waals surface area contributed by atoms with Crippen LogP contribution in [0.3, 0.4) is 0 Å². The van der Waals surface area contributed by atoms with Gasteiger partial charge in [0.15, 0.2) is 0 Å². The van der Waals surface area contributed by atoms with Crippen LogP contribution in [0.2, 0.25) is 0 Å². The first kappa shape index (κ1) is 18.4. The fourth-order valence-electron chi connectivity index (χ4n) is 4.01. The second-order valence-electron chi connectivity index (χ2n) is 7.52. The zero-order chi connectivity index (χ0) is 17.5. The second-order valence-corrected chi connectivity index (χ2v) is 7.52. The molecule has 0 radical (unpaired) electrons. The molecule has 138 valence electrons. The number of carbonyl (C=O) groups excluding carboxylic acids is 1. The third kappa shape index (κ3) is 5.55. The van der Waals surface area contributed by atoms with Crippen molar-refractivity contribution >= 4 is 5.91 Å². The predicted octanol–water partition coefficient (Wildman–Crippen LogP) is 3.46. The van der Waals surface area contributed by atoms with Crippen LogP contribution < -0.4 is 0 Å². The van der Waals surface area contributed by atoms with Gasteiger partial charge in [-0.25, -0.2) is 0 Å². The van der Waals surface area contributed by atoms with Crippen LogP contribution in [0.15, 0.2) is 30.3 Å². The highest BCUT2D eigenvalue weighted by molar-refractivity contribution is 5.76. The molecule has 2 aliphatic heterocycles. The largest absolute Gasteiger partial charge is 0.378 e. The molecule has 0 aromatic heterocycles. The van der Waals surface area contributed by atoms with Gasteiger partial charge in [0.25, 0.3) is 0 Å². The first-order chi connectivity index (χ1) is 12.2. The summed E-state index contributed by atoms with van der Waals surface area (Å²) in [7, 11) is 1.99. The van der Waals surface area contributed by atoms with Gasteiger partial charge in [-0.15, -0.1) is 0 Å². The zero-order valence-electron chi connectivity index (χ0n) is 15.5. The number of rotatable bonds is 6. The molecule has 4 heteroatoms. The fourth-order valence-corrected chi connectivity index (χ4v) is 4.01. The second kappa shape index (κ2) is 9.35. The smallest absolute Gasteiger partial charge is 0.222 e. The Morgan fingerprint density at radius 3 is 2.60 bits per heavy atom. The van der Waals surface area contributed by atoms with Gasteiger partial charge in [0.05, 0.1) is 6.10 Å². The summed E-state index contributed by atoms with van der Waals surface area (Å²) in [6.07, 6.45) is 7.51. The molecular weight excluding hydrogens is 312 g/mol. The normalized spacial score (nSPS) is 22.7. The molecule has 1 atom stereocenters. The summed E-state index contributed by atoms with van der Waals surface area (Å²) in [5.74, 6) is 0.288. The summed E-state index contributed by atoms with van der Waals surface area (Å²) in [4.78, 5) is 17.0. The SMILES string of the molecule is CN(C(=O)CCC1CCCCO1)C1CCN(Cc2ccccc2)CC1. The Morgan fingerprint density at radius 1 is 1.16 bits per heavy atom. The number of likely N-dealkylation sites (tertiary alicyclic amines) is 1. The van der Waals surface area contributed by atoms with Crippen LogP contribution in [-0.2, 0) is 16.1 Å².